The van der Waals surface area contributed by atoms with E-state index in [4.69, 9.17) is 0 Å². The molecule has 0 N–H and O–H groups in total. The van der Waals surface area contributed by atoms with E-state index in [1.54, 1.807) is 0 Å². The largest absolute Gasteiger partial charge is 0.310 e. The van der Waals surface area contributed by atoms with Gasteiger partial charge in [0.05, 0.1) is 0 Å². The molecule has 15 rings (SSSR count). The Hall–Kier alpha value is -8.52. The van der Waals surface area contributed by atoms with Crippen molar-refractivity contribution in [2.45, 2.75) is 0 Å². The Labute approximate surface area is 376 Å². The topological polar surface area (TPSA) is 3.24 Å². The summed E-state index contributed by atoms with van der Waals surface area (Å²) in [5.74, 6) is 0. The summed E-state index contributed by atoms with van der Waals surface area (Å²) in [6.45, 7) is 0. The third kappa shape index (κ3) is 4.71. The van der Waals surface area contributed by atoms with Crippen molar-refractivity contribution in [2.24, 2.45) is 0 Å². The zero-order valence-corrected chi connectivity index (χ0v) is 35.3. The summed E-state index contributed by atoms with van der Waals surface area (Å²) in [6, 6.07) is 83.8. The van der Waals surface area contributed by atoms with E-state index in [2.05, 4.69) is 229 Å². The molecule has 0 aromatic heterocycles. The van der Waals surface area contributed by atoms with Crippen molar-refractivity contribution in [1.29, 1.82) is 0 Å². The maximum Gasteiger partial charge on any atom is 0.0468 e. The maximum absolute atomic E-state index is 2.45. The average molecular weight is 820 g/mol. The lowest BCUT2D eigenvalue weighted by atomic mass is 9.82. The Balaban J connectivity index is 1.01. The standard InChI is InChI=1S/C64H37N/c1-5-15-38(16-6-1)57-55-35-40-19-13-14-20-41(40)36-56(55)58(39-17-7-2-8-18-39)64-53-34-32-50-48-29-30-51-54-37-44(65(42-21-9-3-10-22-42)43-23-11-4-12-24-43)25-26-45(54)46-27-28-47(60(48)59(46)51)49-31-33-52(63(57)64)62(53)61(49)50/h1-37H. The zero-order chi connectivity index (χ0) is 42.3. The normalized spacial score (nSPS) is 12.3. The number of benzene rings is 13. The minimum atomic E-state index is 1.14. The first-order valence-corrected chi connectivity index (χ1v) is 22.7. The fraction of sp³-hybridized carbons (Fsp3) is 0. The van der Waals surface area contributed by atoms with E-state index >= 15 is 0 Å². The fourth-order valence-electron chi connectivity index (χ4n) is 12.0. The molecule has 0 atom stereocenters. The highest BCUT2D eigenvalue weighted by atomic mass is 15.1. The van der Waals surface area contributed by atoms with Gasteiger partial charge in [0.15, 0.2) is 0 Å². The van der Waals surface area contributed by atoms with Crippen LogP contribution in [0.5, 0.6) is 0 Å². The number of hydrogen-bond acceptors (Lipinski definition) is 1. The summed E-state index contributed by atoms with van der Waals surface area (Å²) in [5.41, 5.74) is 19.1. The zero-order valence-electron chi connectivity index (χ0n) is 35.3. The van der Waals surface area contributed by atoms with Crippen LogP contribution >= 0.6 is 0 Å². The molecule has 0 fully saturated rings. The molecule has 298 valence electrons. The Kier molecular flexibility index (Phi) is 7.01. The second-order valence-electron chi connectivity index (χ2n) is 17.9. The molecule has 2 aliphatic carbocycles. The van der Waals surface area contributed by atoms with Gasteiger partial charge >= 0.3 is 0 Å². The van der Waals surface area contributed by atoms with Gasteiger partial charge in [-0.2, -0.15) is 0 Å². The van der Waals surface area contributed by atoms with E-state index in [-0.39, 0.29) is 0 Å². The highest BCUT2D eigenvalue weighted by Crippen LogP contribution is 2.61. The van der Waals surface area contributed by atoms with Gasteiger partial charge in [0.1, 0.15) is 0 Å². The van der Waals surface area contributed by atoms with Gasteiger partial charge in [0.2, 0.25) is 0 Å². The predicted molar refractivity (Wildman–Crippen MR) is 277 cm³/mol. The molecule has 13 aromatic carbocycles. The van der Waals surface area contributed by atoms with Gasteiger partial charge in [-0.15, -0.1) is 0 Å². The van der Waals surface area contributed by atoms with Gasteiger partial charge in [-0.05, 0) is 180 Å². The van der Waals surface area contributed by atoms with Crippen molar-refractivity contribution in [3.8, 4) is 66.8 Å². The van der Waals surface area contributed by atoms with E-state index in [1.807, 2.05) is 0 Å². The molecule has 0 saturated carbocycles. The molecule has 0 bridgehead atoms. The van der Waals surface area contributed by atoms with E-state index in [0.29, 0.717) is 0 Å². The molecule has 0 amide bonds. The Morgan fingerprint density at radius 3 is 1.08 bits per heavy atom. The van der Waals surface area contributed by atoms with Gasteiger partial charge in [-0.3, -0.25) is 0 Å². The molecule has 2 aliphatic rings. The van der Waals surface area contributed by atoms with Gasteiger partial charge in [0.25, 0.3) is 0 Å². The van der Waals surface area contributed by atoms with Crippen LogP contribution < -0.4 is 4.90 Å². The van der Waals surface area contributed by atoms with Crippen LogP contribution in [-0.4, -0.2) is 0 Å². The van der Waals surface area contributed by atoms with Crippen LogP contribution in [0.4, 0.5) is 17.1 Å². The van der Waals surface area contributed by atoms with E-state index < -0.39 is 0 Å². The number of hydrogen-bond donors (Lipinski definition) is 0. The first kappa shape index (κ1) is 35.0. The summed E-state index contributed by atoms with van der Waals surface area (Å²) in [5, 5.41) is 15.8. The number of rotatable bonds is 5. The van der Waals surface area contributed by atoms with Crippen molar-refractivity contribution >= 4 is 81.7 Å². The van der Waals surface area contributed by atoms with Crippen molar-refractivity contribution in [3.63, 3.8) is 0 Å². The molecule has 1 nitrogen and oxygen atoms in total. The number of nitrogens with zero attached hydrogens (tertiary/aromatic N) is 1. The van der Waals surface area contributed by atoms with Gasteiger partial charge in [0, 0.05) is 17.1 Å². The number of anilines is 3. The average Bonchev–Trinajstić information content (AvgIpc) is 3.88. The third-order valence-corrected chi connectivity index (χ3v) is 14.6. The molecular weight excluding hydrogens is 783 g/mol. The number of para-hydroxylation sites is 2. The van der Waals surface area contributed by atoms with Gasteiger partial charge < -0.3 is 4.90 Å². The smallest absolute Gasteiger partial charge is 0.0468 e. The van der Waals surface area contributed by atoms with Crippen LogP contribution in [0.25, 0.3) is 131 Å². The van der Waals surface area contributed by atoms with Crippen molar-refractivity contribution in [1.82, 2.24) is 0 Å². The van der Waals surface area contributed by atoms with E-state index in [9.17, 15) is 0 Å². The van der Waals surface area contributed by atoms with Crippen LogP contribution in [-0.2, 0) is 0 Å². The second kappa shape index (κ2) is 13.0. The minimum Gasteiger partial charge on any atom is -0.310 e. The van der Waals surface area contributed by atoms with Crippen molar-refractivity contribution < 1.29 is 0 Å². The Bertz CT molecular complexity index is 3930. The highest BCUT2D eigenvalue weighted by Gasteiger charge is 2.33. The lowest BCUT2D eigenvalue weighted by Crippen LogP contribution is -2.09. The highest BCUT2D eigenvalue weighted by molar-refractivity contribution is 6.41. The van der Waals surface area contributed by atoms with Crippen LogP contribution in [0.1, 0.15) is 0 Å². The molecule has 0 radical (unpaired) electrons. The molecule has 65 heavy (non-hydrogen) atoms. The molecule has 0 aliphatic heterocycles. The van der Waals surface area contributed by atoms with Crippen LogP contribution in [0.15, 0.2) is 224 Å². The molecule has 1 heteroatoms. The number of fused-ring (bicyclic) bond motifs is 10. The summed E-state index contributed by atoms with van der Waals surface area (Å²) >= 11 is 0. The Morgan fingerprint density at radius 1 is 0.215 bits per heavy atom. The van der Waals surface area contributed by atoms with Crippen molar-refractivity contribution in [2.75, 3.05) is 4.90 Å². The quantitative estimate of drug-likeness (QED) is 0.123. The first-order chi connectivity index (χ1) is 32.3. The maximum atomic E-state index is 2.45. The van der Waals surface area contributed by atoms with Gasteiger partial charge in [-0.1, -0.05) is 176 Å². The lowest BCUT2D eigenvalue weighted by molar-refractivity contribution is 1.28. The monoisotopic (exact) mass is 819 g/mol. The SMILES string of the molecule is c1ccc(-c2c3c(c(-c4ccccc4)c4cc5ccccc5cc24)-c2ccc4c5ccc6c7c(ccc(c8ccc-3c2c84)c75)-c2ccc(N(c3ccccc3)c3ccccc3)cc2-6)cc1. The molecule has 0 heterocycles. The first-order valence-electron chi connectivity index (χ1n) is 22.7. The van der Waals surface area contributed by atoms with Crippen LogP contribution in [0.3, 0.4) is 0 Å². The molecule has 13 aromatic rings. The summed E-state index contributed by atoms with van der Waals surface area (Å²) in [7, 11) is 0. The van der Waals surface area contributed by atoms with E-state index in [1.165, 1.54) is 131 Å². The van der Waals surface area contributed by atoms with Crippen LogP contribution in [0, 0.1) is 0 Å². The van der Waals surface area contributed by atoms with Gasteiger partial charge in [-0.25, -0.2) is 0 Å². The Morgan fingerprint density at radius 2 is 0.600 bits per heavy atom. The summed E-state index contributed by atoms with van der Waals surface area (Å²) < 4.78 is 0. The third-order valence-electron chi connectivity index (χ3n) is 14.6. The van der Waals surface area contributed by atoms with E-state index in [0.717, 1.165) is 17.1 Å². The molecule has 0 unspecified atom stereocenters. The molecule has 0 spiro atoms. The minimum absolute atomic E-state index is 1.14. The lowest BCUT2D eigenvalue weighted by Gasteiger charge is -2.26. The second-order valence-corrected chi connectivity index (χ2v) is 17.9. The molecule has 0 saturated heterocycles. The predicted octanol–water partition coefficient (Wildman–Crippen LogP) is 18.1. The molecular formula is C64H37N. The van der Waals surface area contributed by atoms with Crippen molar-refractivity contribution in [3.05, 3.63) is 224 Å². The fourth-order valence-corrected chi connectivity index (χ4v) is 12.0. The summed E-state index contributed by atoms with van der Waals surface area (Å²) in [6.07, 6.45) is 0. The summed E-state index contributed by atoms with van der Waals surface area (Å²) in [4.78, 5) is 2.37. The van der Waals surface area contributed by atoms with Crippen LogP contribution in [0.2, 0.25) is 0 Å².